The van der Waals surface area contributed by atoms with Gasteiger partial charge in [0.25, 0.3) is 0 Å². The van der Waals surface area contributed by atoms with Gasteiger partial charge in [-0.25, -0.2) is 9.67 Å². The largest absolute Gasteiger partial charge is 0.309 e. The number of rotatable bonds is 4. The van der Waals surface area contributed by atoms with Gasteiger partial charge in [0.15, 0.2) is 5.82 Å². The van der Waals surface area contributed by atoms with Crippen LogP contribution in [0.25, 0.3) is 16.6 Å². The molecular weight excluding hydrogens is 260 g/mol. The fourth-order valence-corrected chi connectivity index (χ4v) is 2.34. The van der Waals surface area contributed by atoms with E-state index in [1.807, 2.05) is 30.1 Å². The molecule has 21 heavy (non-hydrogen) atoms. The van der Waals surface area contributed by atoms with Crippen molar-refractivity contribution in [1.29, 1.82) is 0 Å². The maximum atomic E-state index is 4.79. The minimum absolute atomic E-state index is 0.439. The monoisotopic (exact) mass is 280 g/mol. The molecule has 1 aromatic carbocycles. The first-order chi connectivity index (χ1) is 10.1. The SMILES string of the molecule is Cc1cnn(-c2nc(CNC(C)C)cc3ccccc23)c1. The Bertz CT molecular complexity index is 758. The molecule has 0 aliphatic rings. The molecule has 0 saturated carbocycles. The van der Waals surface area contributed by atoms with Gasteiger partial charge in [0.1, 0.15) is 0 Å². The molecule has 0 saturated heterocycles. The second-order valence-corrected chi connectivity index (χ2v) is 5.66. The summed E-state index contributed by atoms with van der Waals surface area (Å²) in [5.41, 5.74) is 2.16. The van der Waals surface area contributed by atoms with Crippen LogP contribution in [0.5, 0.6) is 0 Å². The van der Waals surface area contributed by atoms with Crippen molar-refractivity contribution >= 4 is 10.8 Å². The highest BCUT2D eigenvalue weighted by Gasteiger charge is 2.09. The summed E-state index contributed by atoms with van der Waals surface area (Å²) in [4.78, 5) is 4.79. The van der Waals surface area contributed by atoms with Crippen LogP contribution in [0.4, 0.5) is 0 Å². The van der Waals surface area contributed by atoms with Crippen molar-refractivity contribution in [2.45, 2.75) is 33.4 Å². The molecule has 0 atom stereocenters. The lowest BCUT2D eigenvalue weighted by Crippen LogP contribution is -2.22. The van der Waals surface area contributed by atoms with Crippen molar-refractivity contribution in [3.8, 4) is 5.82 Å². The van der Waals surface area contributed by atoms with Gasteiger partial charge in [0.05, 0.1) is 11.9 Å². The third-order valence-electron chi connectivity index (χ3n) is 3.39. The Morgan fingerprint density at radius 1 is 1.24 bits per heavy atom. The molecule has 0 fully saturated rings. The van der Waals surface area contributed by atoms with Gasteiger partial charge in [-0.1, -0.05) is 38.1 Å². The molecule has 4 heteroatoms. The summed E-state index contributed by atoms with van der Waals surface area (Å²) in [6.45, 7) is 7.07. The molecule has 4 nitrogen and oxygen atoms in total. The second-order valence-electron chi connectivity index (χ2n) is 5.66. The standard InChI is InChI=1S/C17H20N4/c1-12(2)18-10-15-8-14-6-4-5-7-16(14)17(20-15)21-11-13(3)9-19-21/h4-9,11-12,18H,10H2,1-3H3. The van der Waals surface area contributed by atoms with Gasteiger partial charge in [0.2, 0.25) is 0 Å². The molecule has 1 N–H and O–H groups in total. The Morgan fingerprint density at radius 3 is 2.76 bits per heavy atom. The number of hydrogen-bond acceptors (Lipinski definition) is 3. The summed E-state index contributed by atoms with van der Waals surface area (Å²) < 4.78 is 1.86. The number of fused-ring (bicyclic) bond motifs is 1. The highest BCUT2D eigenvalue weighted by atomic mass is 15.3. The molecule has 108 valence electrons. The predicted molar refractivity (Wildman–Crippen MR) is 85.6 cm³/mol. The van der Waals surface area contributed by atoms with Crippen LogP contribution < -0.4 is 5.32 Å². The molecule has 0 unspecified atom stereocenters. The van der Waals surface area contributed by atoms with Crippen LogP contribution in [-0.2, 0) is 6.54 Å². The maximum absolute atomic E-state index is 4.79. The molecule has 0 amide bonds. The highest BCUT2D eigenvalue weighted by Crippen LogP contribution is 2.21. The first kappa shape index (κ1) is 13.8. The molecule has 0 aliphatic heterocycles. The normalized spacial score (nSPS) is 11.4. The molecule has 2 aromatic heterocycles. The van der Waals surface area contributed by atoms with Crippen LogP contribution in [0.3, 0.4) is 0 Å². The summed E-state index contributed by atoms with van der Waals surface area (Å²) in [5.74, 6) is 0.891. The lowest BCUT2D eigenvalue weighted by atomic mass is 10.1. The van der Waals surface area contributed by atoms with E-state index in [2.05, 4.69) is 48.5 Å². The summed E-state index contributed by atoms with van der Waals surface area (Å²) in [5, 5.41) is 10.1. The highest BCUT2D eigenvalue weighted by molar-refractivity contribution is 5.88. The van der Waals surface area contributed by atoms with E-state index in [-0.39, 0.29) is 0 Å². The first-order valence-corrected chi connectivity index (χ1v) is 7.27. The van der Waals surface area contributed by atoms with Gasteiger partial charge in [0, 0.05) is 24.2 Å². The summed E-state index contributed by atoms with van der Waals surface area (Å²) in [6, 6.07) is 10.9. The molecule has 2 heterocycles. The van der Waals surface area contributed by atoms with Crippen molar-refractivity contribution in [2.75, 3.05) is 0 Å². The van der Waals surface area contributed by atoms with Crippen molar-refractivity contribution in [2.24, 2.45) is 0 Å². The van der Waals surface area contributed by atoms with E-state index in [0.717, 1.165) is 29.0 Å². The number of aryl methyl sites for hydroxylation is 1. The Kier molecular flexibility index (Phi) is 3.71. The number of benzene rings is 1. The first-order valence-electron chi connectivity index (χ1n) is 7.27. The number of aromatic nitrogens is 3. The van der Waals surface area contributed by atoms with Crippen molar-refractivity contribution in [1.82, 2.24) is 20.1 Å². The number of pyridine rings is 1. The Balaban J connectivity index is 2.11. The minimum Gasteiger partial charge on any atom is -0.309 e. The zero-order valence-electron chi connectivity index (χ0n) is 12.7. The molecule has 0 bridgehead atoms. The minimum atomic E-state index is 0.439. The second kappa shape index (κ2) is 5.66. The Hall–Kier alpha value is -2.20. The van der Waals surface area contributed by atoms with E-state index in [9.17, 15) is 0 Å². The molecule has 0 radical (unpaired) electrons. The maximum Gasteiger partial charge on any atom is 0.161 e. The molecule has 0 aliphatic carbocycles. The van der Waals surface area contributed by atoms with E-state index in [1.54, 1.807) is 0 Å². The van der Waals surface area contributed by atoms with Crippen LogP contribution >= 0.6 is 0 Å². The van der Waals surface area contributed by atoms with E-state index < -0.39 is 0 Å². The lowest BCUT2D eigenvalue weighted by molar-refractivity contribution is 0.581. The van der Waals surface area contributed by atoms with Gasteiger partial charge in [-0.15, -0.1) is 0 Å². The smallest absolute Gasteiger partial charge is 0.161 e. The van der Waals surface area contributed by atoms with Crippen LogP contribution in [0, 0.1) is 6.92 Å². The quantitative estimate of drug-likeness (QED) is 0.798. The van der Waals surface area contributed by atoms with E-state index in [0.29, 0.717) is 6.04 Å². The predicted octanol–water partition coefficient (Wildman–Crippen LogP) is 3.23. The van der Waals surface area contributed by atoms with Crippen LogP contribution in [-0.4, -0.2) is 20.8 Å². The average Bonchev–Trinajstić information content (AvgIpc) is 2.90. The van der Waals surface area contributed by atoms with Crippen molar-refractivity contribution in [3.05, 3.63) is 54.0 Å². The summed E-state index contributed by atoms with van der Waals surface area (Å²) >= 11 is 0. The molecule has 3 aromatic rings. The Morgan fingerprint density at radius 2 is 2.05 bits per heavy atom. The number of nitrogens with zero attached hydrogens (tertiary/aromatic N) is 3. The zero-order valence-corrected chi connectivity index (χ0v) is 12.7. The average molecular weight is 280 g/mol. The van der Waals surface area contributed by atoms with Gasteiger partial charge < -0.3 is 5.32 Å². The van der Waals surface area contributed by atoms with Gasteiger partial charge in [-0.2, -0.15) is 5.10 Å². The third kappa shape index (κ3) is 2.95. The van der Waals surface area contributed by atoms with E-state index >= 15 is 0 Å². The van der Waals surface area contributed by atoms with Crippen LogP contribution in [0.1, 0.15) is 25.1 Å². The third-order valence-corrected chi connectivity index (χ3v) is 3.39. The van der Waals surface area contributed by atoms with E-state index in [1.165, 1.54) is 5.39 Å². The lowest BCUT2D eigenvalue weighted by Gasteiger charge is -2.11. The fraction of sp³-hybridized carbons (Fsp3) is 0.294. The number of nitrogens with one attached hydrogen (secondary N) is 1. The zero-order chi connectivity index (χ0) is 14.8. The van der Waals surface area contributed by atoms with E-state index in [4.69, 9.17) is 4.98 Å². The van der Waals surface area contributed by atoms with Crippen molar-refractivity contribution in [3.63, 3.8) is 0 Å². The van der Waals surface area contributed by atoms with Gasteiger partial charge in [-0.05, 0) is 23.9 Å². The van der Waals surface area contributed by atoms with Crippen LogP contribution in [0.15, 0.2) is 42.7 Å². The fourth-order valence-electron chi connectivity index (χ4n) is 2.34. The Labute approximate surface area is 124 Å². The summed E-state index contributed by atoms with van der Waals surface area (Å²) in [7, 11) is 0. The summed E-state index contributed by atoms with van der Waals surface area (Å²) in [6.07, 6.45) is 3.87. The molecular formula is C17H20N4. The van der Waals surface area contributed by atoms with Gasteiger partial charge in [-0.3, -0.25) is 0 Å². The molecule has 0 spiro atoms. The van der Waals surface area contributed by atoms with Crippen molar-refractivity contribution < 1.29 is 0 Å². The van der Waals surface area contributed by atoms with Crippen LogP contribution in [0.2, 0.25) is 0 Å². The van der Waals surface area contributed by atoms with Gasteiger partial charge >= 0.3 is 0 Å². The number of hydrogen-bond donors (Lipinski definition) is 1. The molecule has 3 rings (SSSR count). The topological polar surface area (TPSA) is 42.7 Å².